The van der Waals surface area contributed by atoms with Crippen molar-refractivity contribution >= 4 is 0 Å². The number of hydrogen-bond acceptors (Lipinski definition) is 0. The van der Waals surface area contributed by atoms with Crippen LogP contribution < -0.4 is 0 Å². The number of hydrogen-bond donors (Lipinski definition) is 0. The molecule has 0 bridgehead atoms. The van der Waals surface area contributed by atoms with Crippen LogP contribution in [0, 0.1) is 12.8 Å². The molecular formula is C2H3NY-2. The molecule has 0 fully saturated rings. The van der Waals surface area contributed by atoms with E-state index in [1.165, 1.54) is 0 Å². The van der Waals surface area contributed by atoms with E-state index in [-0.39, 0.29) is 38.9 Å². The van der Waals surface area contributed by atoms with E-state index in [0.29, 0.717) is 0 Å². The minimum absolute atomic E-state index is 0. The van der Waals surface area contributed by atoms with Crippen LogP contribution >= 0.6 is 0 Å². The fourth-order valence-corrected chi connectivity index (χ4v) is 0. The molecule has 21 valence electrons. The molecule has 0 aliphatic heterocycles. The Hall–Kier alpha value is 0.624. The summed E-state index contributed by atoms with van der Waals surface area (Å²) in [6.07, 6.45) is 9.00. The topological polar surface area (TPSA) is 33.5 Å². The zero-order valence-electron chi connectivity index (χ0n) is 2.23. The van der Waals surface area contributed by atoms with Gasteiger partial charge in [0, 0.05) is 32.7 Å². The molecule has 0 unspecified atom stereocenters. The second-order valence-corrected chi connectivity index (χ2v) is 0. The fraction of sp³-hybridized carbons (Fsp3) is 0. The normalized spacial score (nSPS) is 0.500. The van der Waals surface area contributed by atoms with Crippen molar-refractivity contribution in [2.75, 3.05) is 0 Å². The van der Waals surface area contributed by atoms with Crippen LogP contribution in [0.25, 0.3) is 6.15 Å². The van der Waals surface area contributed by atoms with Crippen LogP contribution in [-0.4, -0.2) is 0 Å². The van der Waals surface area contributed by atoms with Gasteiger partial charge >= 0.3 is 0 Å². The largest absolute Gasteiger partial charge is 0.697 e. The van der Waals surface area contributed by atoms with Gasteiger partial charge in [0.1, 0.15) is 0 Å². The van der Waals surface area contributed by atoms with Crippen molar-refractivity contribution in [1.29, 1.82) is 0 Å². The maximum Gasteiger partial charge on any atom is 0 e. The van der Waals surface area contributed by atoms with E-state index in [0.717, 1.165) is 0 Å². The van der Waals surface area contributed by atoms with E-state index in [2.05, 4.69) is 6.42 Å². The minimum Gasteiger partial charge on any atom is -0.697 e. The molecule has 0 amide bonds. The Morgan fingerprint density at radius 2 is 1.25 bits per heavy atom. The van der Waals surface area contributed by atoms with Crippen LogP contribution in [0.3, 0.4) is 0 Å². The van der Waals surface area contributed by atoms with Crippen molar-refractivity contribution in [2.45, 2.75) is 0 Å². The van der Waals surface area contributed by atoms with Crippen LogP contribution in [0.5, 0.6) is 0 Å². The molecular weight excluding hydrogens is 127 g/mol. The maximum atomic E-state index is 5.25. The Bertz CT molecular complexity index is 10.8. The number of rotatable bonds is 0. The molecule has 0 atom stereocenters. The average Bonchev–Trinajstić information content (AvgIpc) is 1.00. The molecule has 0 aliphatic rings. The van der Waals surface area contributed by atoms with Crippen LogP contribution in [-0.2, 0) is 32.7 Å². The second-order valence-electron chi connectivity index (χ2n) is 0. The molecule has 0 aromatic heterocycles. The van der Waals surface area contributed by atoms with Crippen molar-refractivity contribution in [2.24, 2.45) is 0 Å². The predicted molar refractivity (Wildman–Crippen MR) is 13.5 cm³/mol. The summed E-state index contributed by atoms with van der Waals surface area (Å²) in [5, 5.41) is 0. The van der Waals surface area contributed by atoms with Gasteiger partial charge in [0.2, 0.25) is 0 Å². The van der Waals surface area contributed by atoms with Crippen molar-refractivity contribution < 1.29 is 32.7 Å². The molecule has 0 aromatic rings. The molecule has 0 spiro atoms. The summed E-state index contributed by atoms with van der Waals surface area (Å²) < 4.78 is 0. The van der Waals surface area contributed by atoms with E-state index >= 15 is 0 Å². The first-order chi connectivity index (χ1) is 1.00. The van der Waals surface area contributed by atoms with Gasteiger partial charge in [-0.3, -0.25) is 0 Å². The maximum absolute atomic E-state index is 5.25. The zero-order chi connectivity index (χ0) is 2.00. The van der Waals surface area contributed by atoms with Crippen LogP contribution in [0.1, 0.15) is 0 Å². The smallest absolute Gasteiger partial charge is 0 e. The Labute approximate surface area is 51.6 Å². The number of terminal acetylenes is 1. The van der Waals surface area contributed by atoms with E-state index in [1.54, 1.807) is 0 Å². The molecule has 4 heavy (non-hydrogen) atoms. The average molecular weight is 130 g/mol. The standard InChI is InChI=1S/C2H.H2N.Y/c1-2;;/h1H;1H2;/q2*-1;. The fourth-order valence-electron chi connectivity index (χ4n) is 0. The summed E-state index contributed by atoms with van der Waals surface area (Å²) in [4.78, 5) is 0. The van der Waals surface area contributed by atoms with Gasteiger partial charge in [0.25, 0.3) is 0 Å². The molecule has 0 aliphatic carbocycles. The summed E-state index contributed by atoms with van der Waals surface area (Å²) in [5.41, 5.74) is 0. The van der Waals surface area contributed by atoms with E-state index in [9.17, 15) is 0 Å². The molecule has 0 aromatic carbocycles. The molecule has 2 heteroatoms. The third-order valence-corrected chi connectivity index (χ3v) is 0. The molecule has 0 saturated heterocycles. The first kappa shape index (κ1) is 23.0. The van der Waals surface area contributed by atoms with Gasteiger partial charge < -0.3 is 19.0 Å². The third kappa shape index (κ3) is 17.8. The monoisotopic (exact) mass is 130 g/mol. The molecule has 0 saturated carbocycles. The van der Waals surface area contributed by atoms with Gasteiger partial charge in [0.05, 0.1) is 0 Å². The SMILES string of the molecule is [C-]#C.[NH2-].[Y]. The van der Waals surface area contributed by atoms with Gasteiger partial charge in [-0.1, -0.05) is 0 Å². The minimum atomic E-state index is 0. The summed E-state index contributed by atoms with van der Waals surface area (Å²) in [5.74, 6) is 0. The van der Waals surface area contributed by atoms with E-state index < -0.39 is 0 Å². The quantitative estimate of drug-likeness (QED) is 0.345. The molecule has 0 rings (SSSR count). The zero-order valence-corrected chi connectivity index (χ0v) is 5.07. The summed E-state index contributed by atoms with van der Waals surface area (Å²) in [6.45, 7) is 0. The van der Waals surface area contributed by atoms with Crippen molar-refractivity contribution in [3.63, 3.8) is 0 Å². The molecule has 2 N–H and O–H groups in total. The van der Waals surface area contributed by atoms with Crippen molar-refractivity contribution in [3.8, 4) is 6.42 Å². The Kier molecular flexibility index (Phi) is 369. The predicted octanol–water partition coefficient (Wildman–Crippen LogP) is 0.921. The van der Waals surface area contributed by atoms with Crippen LogP contribution in [0.15, 0.2) is 0 Å². The molecule has 0 heterocycles. The van der Waals surface area contributed by atoms with Gasteiger partial charge in [0.15, 0.2) is 0 Å². The Morgan fingerprint density at radius 1 is 1.25 bits per heavy atom. The summed E-state index contributed by atoms with van der Waals surface area (Å²) in [6, 6.07) is 0. The van der Waals surface area contributed by atoms with Crippen molar-refractivity contribution in [1.82, 2.24) is 0 Å². The Morgan fingerprint density at radius 3 is 1.25 bits per heavy atom. The van der Waals surface area contributed by atoms with Gasteiger partial charge in [-0.15, -0.1) is 0 Å². The van der Waals surface area contributed by atoms with Gasteiger partial charge in [-0.25, -0.2) is 0 Å². The Balaban J connectivity index is -0.00000000500. The second kappa shape index (κ2) is 64.1. The third-order valence-electron chi connectivity index (χ3n) is 0. The summed E-state index contributed by atoms with van der Waals surface area (Å²) >= 11 is 0. The van der Waals surface area contributed by atoms with Crippen LogP contribution in [0.4, 0.5) is 0 Å². The molecule has 1 radical (unpaired) electrons. The van der Waals surface area contributed by atoms with Crippen LogP contribution in [0.2, 0.25) is 0 Å². The van der Waals surface area contributed by atoms with Gasteiger partial charge in [-0.05, 0) is 0 Å². The van der Waals surface area contributed by atoms with E-state index in [4.69, 9.17) is 6.42 Å². The van der Waals surface area contributed by atoms with Crippen molar-refractivity contribution in [3.05, 3.63) is 12.6 Å². The first-order valence-corrected chi connectivity index (χ1v) is 0.289. The van der Waals surface area contributed by atoms with E-state index in [1.807, 2.05) is 0 Å². The first-order valence-electron chi connectivity index (χ1n) is 0.289. The van der Waals surface area contributed by atoms with Gasteiger partial charge in [-0.2, -0.15) is 0 Å². The number of nitrogens with two attached hydrogens (primary N) is 1. The summed E-state index contributed by atoms with van der Waals surface area (Å²) in [7, 11) is 0. The molecule has 1 nitrogen and oxygen atoms in total.